The number of hydrogen-bond donors (Lipinski definition) is 2. The lowest BCUT2D eigenvalue weighted by molar-refractivity contribution is 0.0692. The van der Waals surface area contributed by atoms with E-state index in [-0.39, 0.29) is 28.2 Å². The first kappa shape index (κ1) is 17.5. The number of carboxylic acids is 1. The SMILES string of the molecule is CCOc1ccc(S(=O)(=O)NCC(C)(C)C)cc1C(=O)O. The van der Waals surface area contributed by atoms with Crippen LogP contribution in [0.1, 0.15) is 38.1 Å². The molecule has 0 aliphatic carbocycles. The zero-order valence-electron chi connectivity index (χ0n) is 12.6. The monoisotopic (exact) mass is 315 g/mol. The Kier molecular flexibility index (Phi) is 5.36. The summed E-state index contributed by atoms with van der Waals surface area (Å²) in [6.07, 6.45) is 0. The van der Waals surface area contributed by atoms with Crippen LogP contribution in [0.5, 0.6) is 5.75 Å². The zero-order valence-corrected chi connectivity index (χ0v) is 13.5. The van der Waals surface area contributed by atoms with Crippen LogP contribution in [0.2, 0.25) is 0 Å². The number of sulfonamides is 1. The molecule has 0 saturated carbocycles. The van der Waals surface area contributed by atoms with Crippen molar-refractivity contribution in [1.82, 2.24) is 4.72 Å². The Labute approximate surface area is 125 Å². The fraction of sp³-hybridized carbons (Fsp3) is 0.500. The smallest absolute Gasteiger partial charge is 0.339 e. The van der Waals surface area contributed by atoms with Crippen molar-refractivity contribution < 1.29 is 23.1 Å². The number of aromatic carboxylic acids is 1. The van der Waals surface area contributed by atoms with E-state index in [2.05, 4.69) is 4.72 Å². The van der Waals surface area contributed by atoms with Crippen LogP contribution in [-0.2, 0) is 10.0 Å². The third-order valence-corrected chi connectivity index (χ3v) is 3.98. The first-order valence-electron chi connectivity index (χ1n) is 6.56. The number of carboxylic acid groups (broad SMARTS) is 1. The quantitative estimate of drug-likeness (QED) is 0.838. The molecule has 1 aromatic rings. The molecule has 7 heteroatoms. The Hall–Kier alpha value is -1.60. The Bertz CT molecular complexity index is 617. The van der Waals surface area contributed by atoms with E-state index in [1.165, 1.54) is 12.1 Å². The highest BCUT2D eigenvalue weighted by Gasteiger charge is 2.21. The molecule has 0 fully saturated rings. The van der Waals surface area contributed by atoms with Crippen molar-refractivity contribution in [3.63, 3.8) is 0 Å². The molecule has 0 aromatic heterocycles. The van der Waals surface area contributed by atoms with Gasteiger partial charge in [-0.15, -0.1) is 0 Å². The highest BCUT2D eigenvalue weighted by Crippen LogP contribution is 2.23. The van der Waals surface area contributed by atoms with Gasteiger partial charge in [0, 0.05) is 6.54 Å². The lowest BCUT2D eigenvalue weighted by atomic mass is 9.98. The van der Waals surface area contributed by atoms with Crippen molar-refractivity contribution >= 4 is 16.0 Å². The minimum Gasteiger partial charge on any atom is -0.493 e. The molecule has 0 aliphatic heterocycles. The molecular weight excluding hydrogens is 294 g/mol. The van der Waals surface area contributed by atoms with E-state index >= 15 is 0 Å². The van der Waals surface area contributed by atoms with Gasteiger partial charge in [-0.3, -0.25) is 0 Å². The summed E-state index contributed by atoms with van der Waals surface area (Å²) >= 11 is 0. The molecule has 6 nitrogen and oxygen atoms in total. The Morgan fingerprint density at radius 3 is 2.43 bits per heavy atom. The van der Waals surface area contributed by atoms with Gasteiger partial charge in [0.15, 0.2) is 0 Å². The van der Waals surface area contributed by atoms with Crippen LogP contribution in [0.4, 0.5) is 0 Å². The summed E-state index contributed by atoms with van der Waals surface area (Å²) in [5, 5.41) is 9.15. The molecule has 0 unspecified atom stereocenters. The maximum absolute atomic E-state index is 12.2. The third kappa shape index (κ3) is 5.02. The molecule has 0 bridgehead atoms. The second-order valence-electron chi connectivity index (χ2n) is 5.78. The molecule has 0 saturated heterocycles. The van der Waals surface area contributed by atoms with Gasteiger partial charge in [0.05, 0.1) is 11.5 Å². The van der Waals surface area contributed by atoms with Gasteiger partial charge in [-0.25, -0.2) is 17.9 Å². The van der Waals surface area contributed by atoms with E-state index in [1.54, 1.807) is 6.92 Å². The van der Waals surface area contributed by atoms with Crippen molar-refractivity contribution in [2.45, 2.75) is 32.6 Å². The van der Waals surface area contributed by atoms with Crippen molar-refractivity contribution in [3.05, 3.63) is 23.8 Å². The van der Waals surface area contributed by atoms with E-state index in [0.29, 0.717) is 6.61 Å². The van der Waals surface area contributed by atoms with Gasteiger partial charge < -0.3 is 9.84 Å². The van der Waals surface area contributed by atoms with Gasteiger partial charge in [-0.2, -0.15) is 0 Å². The Balaban J connectivity index is 3.13. The predicted octanol–water partition coefficient (Wildman–Crippen LogP) is 2.11. The van der Waals surface area contributed by atoms with E-state index in [4.69, 9.17) is 9.84 Å². The number of benzene rings is 1. The van der Waals surface area contributed by atoms with Crippen molar-refractivity contribution in [2.75, 3.05) is 13.2 Å². The van der Waals surface area contributed by atoms with Crippen LogP contribution >= 0.6 is 0 Å². The number of hydrogen-bond acceptors (Lipinski definition) is 4. The average Bonchev–Trinajstić information content (AvgIpc) is 2.36. The summed E-state index contributed by atoms with van der Waals surface area (Å²) in [5.74, 6) is -1.08. The molecule has 1 rings (SSSR count). The van der Waals surface area contributed by atoms with E-state index in [1.807, 2.05) is 20.8 Å². The van der Waals surface area contributed by atoms with Gasteiger partial charge in [-0.05, 0) is 30.5 Å². The first-order chi connectivity index (χ1) is 9.57. The number of ether oxygens (including phenoxy) is 1. The number of rotatable bonds is 6. The molecule has 21 heavy (non-hydrogen) atoms. The largest absolute Gasteiger partial charge is 0.493 e. The lowest BCUT2D eigenvalue weighted by Gasteiger charge is -2.19. The normalized spacial score (nSPS) is 12.2. The van der Waals surface area contributed by atoms with E-state index in [9.17, 15) is 13.2 Å². The standard InChI is InChI=1S/C14H21NO5S/c1-5-20-12-7-6-10(8-11(12)13(16)17)21(18,19)15-9-14(2,3)4/h6-8,15H,5,9H2,1-4H3,(H,16,17). The Morgan fingerprint density at radius 2 is 1.95 bits per heavy atom. The van der Waals surface area contributed by atoms with E-state index < -0.39 is 16.0 Å². The molecule has 118 valence electrons. The lowest BCUT2D eigenvalue weighted by Crippen LogP contribution is -2.32. The summed E-state index contributed by atoms with van der Waals surface area (Å²) < 4.78 is 32.0. The summed E-state index contributed by atoms with van der Waals surface area (Å²) in [6.45, 7) is 7.98. The highest BCUT2D eigenvalue weighted by molar-refractivity contribution is 7.89. The van der Waals surface area contributed by atoms with Gasteiger partial charge in [0.1, 0.15) is 11.3 Å². The molecule has 0 spiro atoms. The maximum Gasteiger partial charge on any atom is 0.339 e. The van der Waals surface area contributed by atoms with Gasteiger partial charge in [0.25, 0.3) is 0 Å². The van der Waals surface area contributed by atoms with Crippen molar-refractivity contribution in [3.8, 4) is 5.75 Å². The number of nitrogens with one attached hydrogen (secondary N) is 1. The average molecular weight is 315 g/mol. The minimum absolute atomic E-state index is 0.0902. The molecule has 1 aromatic carbocycles. The molecule has 0 radical (unpaired) electrons. The summed E-state index contributed by atoms with van der Waals surface area (Å²) in [7, 11) is -3.75. The molecule has 0 heterocycles. The van der Waals surface area contributed by atoms with Crippen LogP contribution < -0.4 is 9.46 Å². The molecule has 0 aliphatic rings. The van der Waals surface area contributed by atoms with Crippen LogP contribution in [0.15, 0.2) is 23.1 Å². The van der Waals surface area contributed by atoms with Crippen molar-refractivity contribution in [1.29, 1.82) is 0 Å². The second kappa shape index (κ2) is 6.44. The molecule has 0 amide bonds. The first-order valence-corrected chi connectivity index (χ1v) is 8.05. The molecular formula is C14H21NO5S. The highest BCUT2D eigenvalue weighted by atomic mass is 32.2. The van der Waals surface area contributed by atoms with Crippen LogP contribution in [0, 0.1) is 5.41 Å². The Morgan fingerprint density at radius 1 is 1.33 bits per heavy atom. The summed E-state index contributed by atoms with van der Waals surface area (Å²) in [4.78, 5) is 11.1. The minimum atomic E-state index is -3.75. The van der Waals surface area contributed by atoms with Crippen LogP contribution in [0.3, 0.4) is 0 Å². The maximum atomic E-state index is 12.2. The third-order valence-electron chi connectivity index (χ3n) is 2.58. The second-order valence-corrected chi connectivity index (χ2v) is 7.55. The van der Waals surface area contributed by atoms with Gasteiger partial charge in [-0.1, -0.05) is 20.8 Å². The van der Waals surface area contributed by atoms with Gasteiger partial charge >= 0.3 is 5.97 Å². The predicted molar refractivity (Wildman–Crippen MR) is 79.2 cm³/mol. The van der Waals surface area contributed by atoms with Gasteiger partial charge in [0.2, 0.25) is 10.0 Å². The van der Waals surface area contributed by atoms with Crippen molar-refractivity contribution in [2.24, 2.45) is 5.41 Å². The fourth-order valence-electron chi connectivity index (χ4n) is 1.52. The van der Waals surface area contributed by atoms with Crippen LogP contribution in [0.25, 0.3) is 0 Å². The fourth-order valence-corrected chi connectivity index (χ4v) is 2.83. The summed E-state index contributed by atoms with van der Waals surface area (Å²) in [5.41, 5.74) is -0.385. The molecule has 0 atom stereocenters. The zero-order chi connectivity index (χ0) is 16.3. The van der Waals surface area contributed by atoms with Crippen LogP contribution in [-0.4, -0.2) is 32.6 Å². The van der Waals surface area contributed by atoms with E-state index in [0.717, 1.165) is 6.07 Å². The number of carbonyl (C=O) groups is 1. The molecule has 2 N–H and O–H groups in total. The topological polar surface area (TPSA) is 92.7 Å². The summed E-state index contributed by atoms with van der Waals surface area (Å²) in [6, 6.07) is 3.80.